The molecule has 1 saturated heterocycles. The molecular weight excluding hydrogens is 367 g/mol. The van der Waals surface area contributed by atoms with Gasteiger partial charge in [-0.05, 0) is 55.7 Å². The highest BCUT2D eigenvalue weighted by Crippen LogP contribution is 2.19. The van der Waals surface area contributed by atoms with E-state index in [0.717, 1.165) is 37.2 Å². The lowest BCUT2D eigenvalue weighted by molar-refractivity contribution is -0.139. The Balaban J connectivity index is 1.52. The minimum Gasteiger partial charge on any atom is -0.484 e. The van der Waals surface area contributed by atoms with Crippen LogP contribution in [0.3, 0.4) is 0 Å². The maximum Gasteiger partial charge on any atom is 0.260 e. The van der Waals surface area contributed by atoms with Crippen molar-refractivity contribution in [2.24, 2.45) is 0 Å². The Morgan fingerprint density at radius 3 is 2.31 bits per heavy atom. The topological polar surface area (TPSA) is 32.8 Å². The Labute approximate surface area is 173 Å². The summed E-state index contributed by atoms with van der Waals surface area (Å²) in [5, 5.41) is 0. The standard InChI is InChI=1S/C24H31FN2O2/c1-4-5-20-8-12-23(13-9-20)29-17-24(28)27-15-18(2)26(14-19(27)3)16-21-6-10-22(25)11-7-21/h6-13,18-19H,4-5,14-17H2,1-3H3/t18-,19+/m1/s1. The van der Waals surface area contributed by atoms with E-state index in [1.54, 1.807) is 0 Å². The first-order valence-corrected chi connectivity index (χ1v) is 10.5. The highest BCUT2D eigenvalue weighted by atomic mass is 19.1. The highest BCUT2D eigenvalue weighted by molar-refractivity contribution is 5.78. The van der Waals surface area contributed by atoms with E-state index in [2.05, 4.69) is 37.8 Å². The molecule has 3 rings (SSSR count). The Kier molecular flexibility index (Phi) is 7.26. The Morgan fingerprint density at radius 2 is 1.66 bits per heavy atom. The average Bonchev–Trinajstić information content (AvgIpc) is 2.71. The van der Waals surface area contributed by atoms with Gasteiger partial charge in [-0.25, -0.2) is 4.39 Å². The number of halogens is 1. The van der Waals surface area contributed by atoms with E-state index < -0.39 is 0 Å². The number of hydrogen-bond donors (Lipinski definition) is 0. The predicted molar refractivity (Wildman–Crippen MR) is 113 cm³/mol. The van der Waals surface area contributed by atoms with E-state index in [9.17, 15) is 9.18 Å². The average molecular weight is 399 g/mol. The fraction of sp³-hybridized carbons (Fsp3) is 0.458. The van der Waals surface area contributed by atoms with Crippen LogP contribution in [0.4, 0.5) is 4.39 Å². The van der Waals surface area contributed by atoms with Crippen LogP contribution >= 0.6 is 0 Å². The molecule has 4 nitrogen and oxygen atoms in total. The van der Waals surface area contributed by atoms with E-state index >= 15 is 0 Å². The molecule has 1 heterocycles. The molecule has 0 bridgehead atoms. The van der Waals surface area contributed by atoms with Crippen molar-refractivity contribution in [1.29, 1.82) is 0 Å². The fourth-order valence-electron chi connectivity index (χ4n) is 3.86. The fourth-order valence-corrected chi connectivity index (χ4v) is 3.86. The smallest absolute Gasteiger partial charge is 0.260 e. The molecule has 5 heteroatoms. The molecule has 0 radical (unpaired) electrons. The van der Waals surface area contributed by atoms with Crippen LogP contribution in [-0.4, -0.2) is 47.5 Å². The molecule has 0 aliphatic carbocycles. The van der Waals surface area contributed by atoms with E-state index in [-0.39, 0.29) is 30.4 Å². The Morgan fingerprint density at radius 1 is 1.00 bits per heavy atom. The van der Waals surface area contributed by atoms with Gasteiger partial charge in [0.05, 0.1) is 0 Å². The molecular formula is C24H31FN2O2. The van der Waals surface area contributed by atoms with Crippen molar-refractivity contribution in [3.05, 3.63) is 65.5 Å². The third kappa shape index (κ3) is 5.80. The molecule has 1 aliphatic rings. The third-order valence-corrected chi connectivity index (χ3v) is 5.56. The third-order valence-electron chi connectivity index (χ3n) is 5.56. The molecule has 2 atom stereocenters. The number of benzene rings is 2. The number of hydrogen-bond acceptors (Lipinski definition) is 3. The summed E-state index contributed by atoms with van der Waals surface area (Å²) < 4.78 is 18.9. The van der Waals surface area contributed by atoms with Crippen LogP contribution in [0.1, 0.15) is 38.3 Å². The maximum atomic E-state index is 13.1. The van der Waals surface area contributed by atoms with Crippen LogP contribution in [0.15, 0.2) is 48.5 Å². The van der Waals surface area contributed by atoms with E-state index in [1.165, 1.54) is 17.7 Å². The lowest BCUT2D eigenvalue weighted by Gasteiger charge is -2.44. The second-order valence-electron chi connectivity index (χ2n) is 7.98. The summed E-state index contributed by atoms with van der Waals surface area (Å²) in [6.45, 7) is 8.63. The molecule has 1 aliphatic heterocycles. The zero-order chi connectivity index (χ0) is 20.8. The normalized spacial score (nSPS) is 19.9. The highest BCUT2D eigenvalue weighted by Gasteiger charge is 2.32. The van der Waals surface area contributed by atoms with Gasteiger partial charge in [0.1, 0.15) is 11.6 Å². The Hall–Kier alpha value is -2.40. The van der Waals surface area contributed by atoms with Crippen molar-refractivity contribution in [3.8, 4) is 5.75 Å². The van der Waals surface area contributed by atoms with E-state index in [0.29, 0.717) is 6.54 Å². The number of nitrogens with zero attached hydrogens (tertiary/aromatic N) is 2. The largest absolute Gasteiger partial charge is 0.484 e. The summed E-state index contributed by atoms with van der Waals surface area (Å²) in [5.74, 6) is 0.530. The molecule has 0 N–H and O–H groups in total. The number of rotatable bonds is 7. The van der Waals surface area contributed by atoms with E-state index in [1.807, 2.05) is 29.2 Å². The van der Waals surface area contributed by atoms with Gasteiger partial charge in [-0.15, -0.1) is 0 Å². The van der Waals surface area contributed by atoms with Gasteiger partial charge in [0.25, 0.3) is 5.91 Å². The monoisotopic (exact) mass is 398 g/mol. The van der Waals surface area contributed by atoms with Gasteiger partial charge in [-0.3, -0.25) is 9.69 Å². The van der Waals surface area contributed by atoms with Crippen LogP contribution in [0.5, 0.6) is 5.75 Å². The van der Waals surface area contributed by atoms with Gasteiger partial charge < -0.3 is 9.64 Å². The molecule has 0 unspecified atom stereocenters. The molecule has 1 fully saturated rings. The minimum atomic E-state index is -0.217. The predicted octanol–water partition coefficient (Wildman–Crippen LogP) is 4.28. The van der Waals surface area contributed by atoms with E-state index in [4.69, 9.17) is 4.74 Å². The van der Waals surface area contributed by atoms with Crippen molar-refractivity contribution in [1.82, 2.24) is 9.80 Å². The van der Waals surface area contributed by atoms with Gasteiger partial charge >= 0.3 is 0 Å². The van der Waals surface area contributed by atoms with Crippen molar-refractivity contribution < 1.29 is 13.9 Å². The summed E-state index contributed by atoms with van der Waals surface area (Å²) in [7, 11) is 0. The molecule has 1 amide bonds. The zero-order valence-corrected chi connectivity index (χ0v) is 17.6. The molecule has 2 aromatic carbocycles. The second kappa shape index (κ2) is 9.88. The van der Waals surface area contributed by atoms with Gasteiger partial charge in [0, 0.05) is 31.7 Å². The van der Waals surface area contributed by atoms with Crippen molar-refractivity contribution >= 4 is 5.91 Å². The van der Waals surface area contributed by atoms with Gasteiger partial charge in [-0.2, -0.15) is 0 Å². The number of carbonyl (C=O) groups is 1. The summed E-state index contributed by atoms with van der Waals surface area (Å²) in [4.78, 5) is 17.0. The molecule has 0 saturated carbocycles. The van der Waals surface area contributed by atoms with Gasteiger partial charge in [0.15, 0.2) is 6.61 Å². The number of ether oxygens (including phenoxy) is 1. The number of aryl methyl sites for hydroxylation is 1. The summed E-state index contributed by atoms with van der Waals surface area (Å²) >= 11 is 0. The molecule has 0 aromatic heterocycles. The summed E-state index contributed by atoms with van der Waals surface area (Å²) in [5.41, 5.74) is 2.37. The number of carbonyl (C=O) groups excluding carboxylic acids is 1. The van der Waals surface area contributed by atoms with Crippen LogP contribution in [0.25, 0.3) is 0 Å². The lowest BCUT2D eigenvalue weighted by atomic mass is 10.1. The van der Waals surface area contributed by atoms with Crippen molar-refractivity contribution in [2.45, 2.75) is 52.2 Å². The first-order chi connectivity index (χ1) is 14.0. The van der Waals surface area contributed by atoms with Crippen LogP contribution in [0.2, 0.25) is 0 Å². The quantitative estimate of drug-likeness (QED) is 0.698. The summed E-state index contributed by atoms with van der Waals surface area (Å²) in [6.07, 6.45) is 2.17. The van der Waals surface area contributed by atoms with Crippen LogP contribution < -0.4 is 4.74 Å². The van der Waals surface area contributed by atoms with Crippen LogP contribution in [-0.2, 0) is 17.8 Å². The minimum absolute atomic E-state index is 0.0171. The number of amides is 1. The van der Waals surface area contributed by atoms with Crippen LogP contribution in [0, 0.1) is 5.82 Å². The first-order valence-electron chi connectivity index (χ1n) is 10.5. The SMILES string of the molecule is CCCc1ccc(OCC(=O)N2C[C@@H](C)N(Cc3ccc(F)cc3)C[C@@H]2C)cc1. The van der Waals surface area contributed by atoms with Gasteiger partial charge in [0.2, 0.25) is 0 Å². The molecule has 156 valence electrons. The first kappa shape index (κ1) is 21.3. The van der Waals surface area contributed by atoms with Gasteiger partial charge in [-0.1, -0.05) is 37.6 Å². The zero-order valence-electron chi connectivity index (χ0n) is 17.6. The molecule has 2 aromatic rings. The Bertz CT molecular complexity index is 792. The van der Waals surface area contributed by atoms with Crippen molar-refractivity contribution in [3.63, 3.8) is 0 Å². The second-order valence-corrected chi connectivity index (χ2v) is 7.98. The maximum absolute atomic E-state index is 13.1. The van der Waals surface area contributed by atoms with Crippen molar-refractivity contribution in [2.75, 3.05) is 19.7 Å². The lowest BCUT2D eigenvalue weighted by Crippen LogP contribution is -2.58. The number of piperazine rings is 1. The molecule has 0 spiro atoms. The summed E-state index contributed by atoms with van der Waals surface area (Å²) in [6, 6.07) is 15.0. The molecule has 29 heavy (non-hydrogen) atoms.